The molecular weight excluding hydrogens is 308 g/mol. The first-order valence-corrected chi connectivity index (χ1v) is 9.21. The molecule has 23 heavy (non-hydrogen) atoms. The minimum atomic E-state index is -0.651. The van der Waals surface area contributed by atoms with E-state index in [1.807, 2.05) is 13.8 Å². The summed E-state index contributed by atoms with van der Waals surface area (Å²) in [6, 6.07) is 2.52. The van der Waals surface area contributed by atoms with Crippen LogP contribution in [0.1, 0.15) is 33.5 Å². The van der Waals surface area contributed by atoms with Crippen molar-refractivity contribution in [1.82, 2.24) is 14.9 Å². The van der Waals surface area contributed by atoms with E-state index in [1.54, 1.807) is 11.3 Å². The number of piperazine rings is 1. The first kappa shape index (κ1) is 16.6. The lowest BCUT2D eigenvalue weighted by atomic mass is 10.1. The number of thiophene rings is 1. The van der Waals surface area contributed by atoms with Crippen molar-refractivity contribution < 1.29 is 5.11 Å². The third kappa shape index (κ3) is 3.65. The minimum Gasteiger partial charge on any atom is -0.389 e. The average molecular weight is 334 g/mol. The van der Waals surface area contributed by atoms with Gasteiger partial charge in [0.25, 0.3) is 0 Å². The normalized spacial score (nSPS) is 20.4. The second-order valence-electron chi connectivity index (χ2n) is 7.03. The topological polar surface area (TPSA) is 52.5 Å². The van der Waals surface area contributed by atoms with Gasteiger partial charge in [0.2, 0.25) is 0 Å². The summed E-state index contributed by atoms with van der Waals surface area (Å²) in [5.74, 6) is 1.99. The molecule has 3 heterocycles. The maximum absolute atomic E-state index is 10.1. The Bertz CT molecular complexity index is 679. The summed E-state index contributed by atoms with van der Waals surface area (Å²) in [7, 11) is 0. The zero-order valence-corrected chi connectivity index (χ0v) is 15.2. The molecule has 3 rings (SSSR count). The highest BCUT2D eigenvalue weighted by molar-refractivity contribution is 7.16. The van der Waals surface area contributed by atoms with Crippen molar-refractivity contribution in [3.63, 3.8) is 0 Å². The van der Waals surface area contributed by atoms with Crippen LogP contribution in [0.3, 0.4) is 0 Å². The van der Waals surface area contributed by atoms with E-state index in [1.165, 1.54) is 0 Å². The van der Waals surface area contributed by atoms with E-state index in [2.05, 4.69) is 40.1 Å². The Morgan fingerprint density at radius 1 is 1.35 bits per heavy atom. The van der Waals surface area contributed by atoms with Crippen LogP contribution in [0.5, 0.6) is 0 Å². The van der Waals surface area contributed by atoms with E-state index in [0.717, 1.165) is 47.9 Å². The van der Waals surface area contributed by atoms with Gasteiger partial charge >= 0.3 is 0 Å². The van der Waals surface area contributed by atoms with Crippen LogP contribution in [0, 0.1) is 0 Å². The molecule has 1 saturated heterocycles. The van der Waals surface area contributed by atoms with Crippen molar-refractivity contribution in [1.29, 1.82) is 0 Å². The number of β-amino-alcohol motifs (C(OH)–C–C–N with tert-alkyl or cyclic N) is 1. The molecule has 0 radical (unpaired) electrons. The Balaban J connectivity index is 1.83. The molecule has 1 N–H and O–H groups in total. The number of nitrogens with zero attached hydrogens (tertiary/aromatic N) is 4. The summed E-state index contributed by atoms with van der Waals surface area (Å²) in [5, 5.41) is 13.3. The molecule has 2 aromatic heterocycles. The molecular formula is C17H26N4OS. The van der Waals surface area contributed by atoms with E-state index >= 15 is 0 Å². The summed E-state index contributed by atoms with van der Waals surface area (Å²) in [4.78, 5) is 15.3. The Morgan fingerprint density at radius 2 is 2.13 bits per heavy atom. The molecule has 126 valence electrons. The number of hydrogen-bond donors (Lipinski definition) is 1. The van der Waals surface area contributed by atoms with E-state index in [4.69, 9.17) is 4.98 Å². The van der Waals surface area contributed by atoms with Crippen molar-refractivity contribution in [3.8, 4) is 0 Å². The summed E-state index contributed by atoms with van der Waals surface area (Å²) < 4.78 is 0. The number of anilines is 1. The van der Waals surface area contributed by atoms with Crippen molar-refractivity contribution in [2.45, 2.75) is 45.8 Å². The second kappa shape index (κ2) is 6.34. The zero-order valence-electron chi connectivity index (χ0n) is 14.4. The fourth-order valence-electron chi connectivity index (χ4n) is 3.20. The number of fused-ring (bicyclic) bond motifs is 1. The molecule has 2 aromatic rings. The van der Waals surface area contributed by atoms with Gasteiger partial charge in [0.15, 0.2) is 0 Å². The van der Waals surface area contributed by atoms with Crippen LogP contribution in [0.2, 0.25) is 0 Å². The van der Waals surface area contributed by atoms with Crippen molar-refractivity contribution in [2.75, 3.05) is 31.1 Å². The second-order valence-corrected chi connectivity index (χ2v) is 7.93. The van der Waals surface area contributed by atoms with Crippen LogP contribution >= 0.6 is 11.3 Å². The quantitative estimate of drug-likeness (QED) is 0.931. The molecule has 1 unspecified atom stereocenters. The summed E-state index contributed by atoms with van der Waals surface area (Å²) in [6.45, 7) is 11.6. The third-order valence-electron chi connectivity index (χ3n) is 4.32. The highest BCUT2D eigenvalue weighted by Gasteiger charge is 2.29. The maximum Gasteiger partial charge on any atom is 0.141 e. The fourth-order valence-corrected chi connectivity index (χ4v) is 3.98. The predicted molar refractivity (Wildman–Crippen MR) is 96.3 cm³/mol. The van der Waals surface area contributed by atoms with Crippen molar-refractivity contribution in [3.05, 3.63) is 17.3 Å². The Hall–Kier alpha value is -1.24. The standard InChI is InChI=1S/C17H26N4OS/c1-5-14-18-15(13-6-9-23-16(13)19-14)20-7-8-21(12(2)10-20)11-17(3,4)22/h6,9,12,22H,5,7-8,10-11H2,1-4H3. The van der Waals surface area contributed by atoms with Gasteiger partial charge in [-0.05, 0) is 32.2 Å². The molecule has 1 atom stereocenters. The number of hydrogen-bond acceptors (Lipinski definition) is 6. The highest BCUT2D eigenvalue weighted by atomic mass is 32.1. The first-order chi connectivity index (χ1) is 10.9. The average Bonchev–Trinajstić information content (AvgIpc) is 2.95. The molecule has 1 aliphatic heterocycles. The molecule has 0 spiro atoms. The molecule has 0 bridgehead atoms. The summed E-state index contributed by atoms with van der Waals surface area (Å²) in [5.41, 5.74) is -0.651. The zero-order chi connectivity index (χ0) is 16.6. The van der Waals surface area contributed by atoms with Crippen LogP contribution in [-0.2, 0) is 6.42 Å². The smallest absolute Gasteiger partial charge is 0.141 e. The monoisotopic (exact) mass is 334 g/mol. The predicted octanol–water partition coefficient (Wildman–Crippen LogP) is 2.54. The van der Waals surface area contributed by atoms with E-state index in [0.29, 0.717) is 12.6 Å². The van der Waals surface area contributed by atoms with Gasteiger partial charge in [-0.25, -0.2) is 9.97 Å². The van der Waals surface area contributed by atoms with Crippen LogP contribution in [0.15, 0.2) is 11.4 Å². The van der Waals surface area contributed by atoms with Crippen molar-refractivity contribution in [2.24, 2.45) is 0 Å². The van der Waals surface area contributed by atoms with Crippen LogP contribution in [-0.4, -0.2) is 57.8 Å². The maximum atomic E-state index is 10.1. The van der Waals surface area contributed by atoms with Gasteiger partial charge in [-0.2, -0.15) is 0 Å². The molecule has 6 heteroatoms. The van der Waals surface area contributed by atoms with Gasteiger partial charge in [0.1, 0.15) is 16.5 Å². The fraction of sp³-hybridized carbons (Fsp3) is 0.647. The number of aliphatic hydroxyl groups is 1. The third-order valence-corrected chi connectivity index (χ3v) is 5.13. The SMILES string of the molecule is CCc1nc(N2CCN(CC(C)(C)O)C(C)C2)c2ccsc2n1. The van der Waals surface area contributed by atoms with Crippen LogP contribution in [0.4, 0.5) is 5.82 Å². The molecule has 0 aromatic carbocycles. The molecule has 5 nitrogen and oxygen atoms in total. The number of rotatable bonds is 4. The Kier molecular flexibility index (Phi) is 4.58. The van der Waals surface area contributed by atoms with Gasteiger partial charge in [0, 0.05) is 38.6 Å². The Labute approximate surface area is 142 Å². The number of aromatic nitrogens is 2. The Morgan fingerprint density at radius 3 is 2.78 bits per heavy atom. The molecule has 0 saturated carbocycles. The largest absolute Gasteiger partial charge is 0.389 e. The van der Waals surface area contributed by atoms with Gasteiger partial charge < -0.3 is 10.0 Å². The van der Waals surface area contributed by atoms with Crippen LogP contribution in [0.25, 0.3) is 10.2 Å². The van der Waals surface area contributed by atoms with Gasteiger partial charge in [-0.1, -0.05) is 6.92 Å². The van der Waals surface area contributed by atoms with Gasteiger partial charge in [-0.15, -0.1) is 11.3 Å². The molecule has 1 fully saturated rings. The summed E-state index contributed by atoms with van der Waals surface area (Å²) >= 11 is 1.68. The van der Waals surface area contributed by atoms with E-state index in [-0.39, 0.29) is 0 Å². The van der Waals surface area contributed by atoms with Crippen LogP contribution < -0.4 is 4.90 Å². The molecule has 1 aliphatic rings. The van der Waals surface area contributed by atoms with Gasteiger partial charge in [0.05, 0.1) is 11.0 Å². The highest BCUT2D eigenvalue weighted by Crippen LogP contribution is 2.29. The first-order valence-electron chi connectivity index (χ1n) is 8.33. The number of aryl methyl sites for hydroxylation is 1. The lowest BCUT2D eigenvalue weighted by molar-refractivity contribution is 0.0201. The van der Waals surface area contributed by atoms with Crippen molar-refractivity contribution >= 4 is 27.4 Å². The van der Waals surface area contributed by atoms with Gasteiger partial charge in [-0.3, -0.25) is 4.90 Å². The van der Waals surface area contributed by atoms with E-state index < -0.39 is 5.60 Å². The minimum absolute atomic E-state index is 0.393. The lowest BCUT2D eigenvalue weighted by Crippen LogP contribution is -2.55. The lowest BCUT2D eigenvalue weighted by Gasteiger charge is -2.42. The molecule has 0 amide bonds. The summed E-state index contributed by atoms with van der Waals surface area (Å²) in [6.07, 6.45) is 0.856. The van der Waals surface area contributed by atoms with E-state index in [9.17, 15) is 5.11 Å². The molecule has 0 aliphatic carbocycles.